The molecular weight excluding hydrogens is 324 g/mol. The van der Waals surface area contributed by atoms with E-state index in [-0.39, 0.29) is 0 Å². The molecular formula is C22H30N2O2. The van der Waals surface area contributed by atoms with E-state index in [1.165, 1.54) is 5.56 Å². The van der Waals surface area contributed by atoms with Crippen molar-refractivity contribution in [1.82, 2.24) is 10.2 Å². The topological polar surface area (TPSA) is 44.7 Å². The van der Waals surface area contributed by atoms with Crippen LogP contribution in [0.15, 0.2) is 54.6 Å². The van der Waals surface area contributed by atoms with Crippen LogP contribution in [0.5, 0.6) is 5.75 Å². The lowest BCUT2D eigenvalue weighted by atomic mass is 10.0. The summed E-state index contributed by atoms with van der Waals surface area (Å²) in [7, 11) is 0. The molecule has 1 aliphatic rings. The molecule has 140 valence electrons. The molecule has 4 nitrogen and oxygen atoms in total. The number of aliphatic hydroxyl groups excluding tert-OH is 1. The van der Waals surface area contributed by atoms with Crippen molar-refractivity contribution in [3.8, 4) is 5.75 Å². The maximum atomic E-state index is 10.2. The van der Waals surface area contributed by atoms with Gasteiger partial charge in [-0.1, -0.05) is 48.5 Å². The zero-order valence-electron chi connectivity index (χ0n) is 15.6. The quantitative estimate of drug-likeness (QED) is 0.765. The standard InChI is InChI=1S/C22H30N2O2/c1-18-7-5-6-10-22(18)26-17-21(25)15-23-20-11-13-24(14-12-20)16-19-8-3-2-4-9-19/h2-10,20-21,23,25H,11-17H2,1H3/t21-/m0/s1. The lowest BCUT2D eigenvalue weighted by Crippen LogP contribution is -2.45. The van der Waals surface area contributed by atoms with Gasteiger partial charge >= 0.3 is 0 Å². The van der Waals surface area contributed by atoms with Gasteiger partial charge in [0.15, 0.2) is 0 Å². The number of likely N-dealkylation sites (tertiary alicyclic amines) is 1. The van der Waals surface area contributed by atoms with Crippen LogP contribution in [0.2, 0.25) is 0 Å². The van der Waals surface area contributed by atoms with Crippen molar-refractivity contribution in [2.45, 2.75) is 38.5 Å². The van der Waals surface area contributed by atoms with Crippen LogP contribution in [-0.4, -0.2) is 48.4 Å². The molecule has 1 atom stereocenters. The summed E-state index contributed by atoms with van der Waals surface area (Å²) in [6.45, 7) is 6.15. The molecule has 4 heteroatoms. The number of ether oxygens (including phenoxy) is 1. The van der Waals surface area contributed by atoms with Crippen LogP contribution in [-0.2, 0) is 6.54 Å². The number of hydrogen-bond acceptors (Lipinski definition) is 4. The minimum absolute atomic E-state index is 0.324. The van der Waals surface area contributed by atoms with Crippen molar-refractivity contribution in [1.29, 1.82) is 0 Å². The van der Waals surface area contributed by atoms with Crippen LogP contribution >= 0.6 is 0 Å². The van der Waals surface area contributed by atoms with Gasteiger partial charge in [0, 0.05) is 19.1 Å². The fraction of sp³-hybridized carbons (Fsp3) is 0.455. The predicted molar refractivity (Wildman–Crippen MR) is 105 cm³/mol. The first-order chi connectivity index (χ1) is 12.7. The number of nitrogens with one attached hydrogen (secondary N) is 1. The Hall–Kier alpha value is -1.88. The van der Waals surface area contributed by atoms with Crippen molar-refractivity contribution in [2.75, 3.05) is 26.2 Å². The summed E-state index contributed by atoms with van der Waals surface area (Å²) in [6.07, 6.45) is 1.76. The molecule has 0 aliphatic carbocycles. The molecule has 0 spiro atoms. The van der Waals surface area contributed by atoms with Gasteiger partial charge < -0.3 is 15.2 Å². The lowest BCUT2D eigenvalue weighted by molar-refractivity contribution is 0.0976. The Bertz CT molecular complexity index is 654. The Balaban J connectivity index is 1.32. The number of benzene rings is 2. The molecule has 1 saturated heterocycles. The molecule has 2 N–H and O–H groups in total. The smallest absolute Gasteiger partial charge is 0.122 e. The number of piperidine rings is 1. The lowest BCUT2D eigenvalue weighted by Gasteiger charge is -2.33. The summed E-state index contributed by atoms with van der Waals surface area (Å²) >= 11 is 0. The molecule has 0 amide bonds. The maximum absolute atomic E-state index is 10.2. The van der Waals surface area contributed by atoms with E-state index < -0.39 is 6.10 Å². The zero-order chi connectivity index (χ0) is 18.2. The molecule has 3 rings (SSSR count). The van der Waals surface area contributed by atoms with Crippen LogP contribution in [0.25, 0.3) is 0 Å². The van der Waals surface area contributed by atoms with Gasteiger partial charge in [-0.3, -0.25) is 4.90 Å². The zero-order valence-corrected chi connectivity index (χ0v) is 15.6. The number of aryl methyl sites for hydroxylation is 1. The summed E-state index contributed by atoms with van der Waals surface area (Å²) in [5.74, 6) is 0.848. The third-order valence-electron chi connectivity index (χ3n) is 5.00. The molecule has 1 heterocycles. The van der Waals surface area contributed by atoms with Crippen molar-refractivity contribution in [2.24, 2.45) is 0 Å². The van der Waals surface area contributed by atoms with E-state index in [0.29, 0.717) is 19.2 Å². The average Bonchev–Trinajstić information content (AvgIpc) is 2.68. The van der Waals surface area contributed by atoms with Crippen molar-refractivity contribution >= 4 is 0 Å². The molecule has 0 saturated carbocycles. The number of nitrogens with zero attached hydrogens (tertiary/aromatic N) is 1. The summed E-state index contributed by atoms with van der Waals surface area (Å²) in [5.41, 5.74) is 2.47. The summed E-state index contributed by atoms with van der Waals surface area (Å²) in [4.78, 5) is 2.51. The van der Waals surface area contributed by atoms with E-state index in [1.54, 1.807) is 0 Å². The van der Waals surface area contributed by atoms with Gasteiger partial charge in [0.25, 0.3) is 0 Å². The van der Waals surface area contributed by atoms with Crippen molar-refractivity contribution < 1.29 is 9.84 Å². The Labute approximate surface area is 156 Å². The summed E-state index contributed by atoms with van der Waals surface area (Å²) < 4.78 is 5.72. The van der Waals surface area contributed by atoms with E-state index in [9.17, 15) is 5.11 Å². The highest BCUT2D eigenvalue weighted by molar-refractivity contribution is 5.31. The molecule has 2 aromatic carbocycles. The van der Waals surface area contributed by atoms with Gasteiger partial charge in [0.1, 0.15) is 18.5 Å². The van der Waals surface area contributed by atoms with E-state index in [0.717, 1.165) is 43.8 Å². The Morgan fingerprint density at radius 3 is 2.50 bits per heavy atom. The van der Waals surface area contributed by atoms with E-state index >= 15 is 0 Å². The predicted octanol–water partition coefficient (Wildman–Crippen LogP) is 2.99. The van der Waals surface area contributed by atoms with Gasteiger partial charge in [0.2, 0.25) is 0 Å². The average molecular weight is 354 g/mol. The van der Waals surface area contributed by atoms with Gasteiger partial charge in [-0.05, 0) is 50.0 Å². The second-order valence-corrected chi connectivity index (χ2v) is 7.17. The van der Waals surface area contributed by atoms with Gasteiger partial charge in [-0.25, -0.2) is 0 Å². The van der Waals surface area contributed by atoms with Crippen LogP contribution in [0.4, 0.5) is 0 Å². The summed E-state index contributed by atoms with van der Waals surface area (Å²) in [6, 6.07) is 19.0. The number of para-hydroxylation sites is 1. The fourth-order valence-electron chi connectivity index (χ4n) is 3.40. The van der Waals surface area contributed by atoms with E-state index in [2.05, 4.69) is 40.5 Å². The van der Waals surface area contributed by atoms with Gasteiger partial charge in [0.05, 0.1) is 0 Å². The third kappa shape index (κ3) is 5.84. The van der Waals surface area contributed by atoms with E-state index in [4.69, 9.17) is 4.74 Å². The normalized spacial score (nSPS) is 17.2. The molecule has 2 aromatic rings. The highest BCUT2D eigenvalue weighted by Crippen LogP contribution is 2.16. The second-order valence-electron chi connectivity index (χ2n) is 7.17. The first-order valence-corrected chi connectivity index (χ1v) is 9.57. The Morgan fingerprint density at radius 1 is 1.08 bits per heavy atom. The molecule has 1 fully saturated rings. The maximum Gasteiger partial charge on any atom is 0.122 e. The van der Waals surface area contributed by atoms with Crippen LogP contribution < -0.4 is 10.1 Å². The Kier molecular flexibility index (Phi) is 7.06. The largest absolute Gasteiger partial charge is 0.491 e. The highest BCUT2D eigenvalue weighted by Gasteiger charge is 2.19. The van der Waals surface area contributed by atoms with Crippen LogP contribution in [0.1, 0.15) is 24.0 Å². The first kappa shape index (κ1) is 18.9. The van der Waals surface area contributed by atoms with Gasteiger partial charge in [-0.15, -0.1) is 0 Å². The van der Waals surface area contributed by atoms with Crippen LogP contribution in [0, 0.1) is 6.92 Å². The SMILES string of the molecule is Cc1ccccc1OC[C@@H](O)CNC1CCN(Cc2ccccc2)CC1. The minimum atomic E-state index is -0.489. The van der Waals surface area contributed by atoms with Crippen molar-refractivity contribution in [3.63, 3.8) is 0 Å². The molecule has 0 bridgehead atoms. The van der Waals surface area contributed by atoms with Gasteiger partial charge in [-0.2, -0.15) is 0 Å². The Morgan fingerprint density at radius 2 is 1.77 bits per heavy atom. The molecule has 0 aromatic heterocycles. The highest BCUT2D eigenvalue weighted by atomic mass is 16.5. The molecule has 0 radical (unpaired) electrons. The minimum Gasteiger partial charge on any atom is -0.491 e. The van der Waals surface area contributed by atoms with Crippen molar-refractivity contribution in [3.05, 3.63) is 65.7 Å². The molecule has 26 heavy (non-hydrogen) atoms. The fourth-order valence-corrected chi connectivity index (χ4v) is 3.40. The summed E-state index contributed by atoms with van der Waals surface area (Å²) in [5, 5.41) is 13.7. The molecule has 0 unspecified atom stereocenters. The first-order valence-electron chi connectivity index (χ1n) is 9.57. The number of aliphatic hydroxyl groups is 1. The van der Waals surface area contributed by atoms with Crippen LogP contribution in [0.3, 0.4) is 0 Å². The number of hydrogen-bond donors (Lipinski definition) is 2. The number of rotatable bonds is 8. The van der Waals surface area contributed by atoms with E-state index in [1.807, 2.05) is 31.2 Å². The third-order valence-corrected chi connectivity index (χ3v) is 5.00. The monoisotopic (exact) mass is 354 g/mol. The second kappa shape index (κ2) is 9.72. The molecule has 1 aliphatic heterocycles.